The van der Waals surface area contributed by atoms with Crippen molar-refractivity contribution in [3.05, 3.63) is 71.5 Å². The fourth-order valence-electron chi connectivity index (χ4n) is 3.88. The molecule has 7 nitrogen and oxygen atoms in total. The molecule has 0 radical (unpaired) electrons. The quantitative estimate of drug-likeness (QED) is 0.242. The number of nitrogens with one attached hydrogen (secondary N) is 1. The van der Waals surface area contributed by atoms with E-state index in [2.05, 4.69) is 15.3 Å². The van der Waals surface area contributed by atoms with Gasteiger partial charge in [0.15, 0.2) is 17.2 Å². The second-order valence-corrected chi connectivity index (χ2v) is 9.77. The first-order chi connectivity index (χ1) is 18.9. The zero-order chi connectivity index (χ0) is 29.3. The summed E-state index contributed by atoms with van der Waals surface area (Å²) in [4.78, 5) is 33.9. The van der Waals surface area contributed by atoms with Gasteiger partial charge in [-0.1, -0.05) is 31.5 Å². The SMILES string of the molecule is CCCCc1nc(-c2ccc(C(F)(F)F)cc2)ncc1CC(=O)CNc1cccc(OC(C)(C)C(=O)OCC)c1. The third kappa shape index (κ3) is 8.53. The van der Waals surface area contributed by atoms with Crippen LogP contribution in [0.1, 0.15) is 57.4 Å². The maximum Gasteiger partial charge on any atom is 0.416 e. The van der Waals surface area contributed by atoms with E-state index >= 15 is 0 Å². The van der Waals surface area contributed by atoms with Crippen molar-refractivity contribution in [2.75, 3.05) is 18.5 Å². The first-order valence-corrected chi connectivity index (χ1v) is 13.2. The summed E-state index contributed by atoms with van der Waals surface area (Å²) in [5, 5.41) is 3.08. The number of alkyl halides is 3. The van der Waals surface area contributed by atoms with Crippen LogP contribution >= 0.6 is 0 Å². The topological polar surface area (TPSA) is 90.4 Å². The number of Topliss-reactive ketones (excluding diaryl/α,β-unsaturated/α-hetero) is 1. The fraction of sp³-hybridized carbons (Fsp3) is 0.400. The molecule has 0 spiro atoms. The Morgan fingerprint density at radius 2 is 1.75 bits per heavy atom. The molecule has 0 atom stereocenters. The van der Waals surface area contributed by atoms with Gasteiger partial charge in [0.05, 0.1) is 18.7 Å². The minimum absolute atomic E-state index is 0.0403. The molecule has 0 amide bonds. The minimum Gasteiger partial charge on any atom is -0.476 e. The van der Waals surface area contributed by atoms with Crippen LogP contribution in [-0.2, 0) is 33.3 Å². The van der Waals surface area contributed by atoms with Gasteiger partial charge in [-0.3, -0.25) is 4.79 Å². The predicted octanol–water partition coefficient (Wildman–Crippen LogP) is 6.45. The van der Waals surface area contributed by atoms with Crippen LogP contribution in [0.5, 0.6) is 5.75 Å². The Morgan fingerprint density at radius 1 is 1.02 bits per heavy atom. The Bertz CT molecular complexity index is 1310. The van der Waals surface area contributed by atoms with E-state index in [4.69, 9.17) is 9.47 Å². The van der Waals surface area contributed by atoms with Crippen LogP contribution in [0.2, 0.25) is 0 Å². The van der Waals surface area contributed by atoms with E-state index in [1.165, 1.54) is 12.1 Å². The first kappa shape index (κ1) is 30.6. The Kier molecular flexibility index (Phi) is 10.3. The smallest absolute Gasteiger partial charge is 0.416 e. The average molecular weight is 558 g/mol. The molecule has 1 aromatic heterocycles. The van der Waals surface area contributed by atoms with Crippen molar-refractivity contribution in [2.24, 2.45) is 0 Å². The number of halogens is 3. The number of ether oxygens (including phenoxy) is 2. The van der Waals surface area contributed by atoms with Gasteiger partial charge in [-0.15, -0.1) is 0 Å². The van der Waals surface area contributed by atoms with E-state index in [0.29, 0.717) is 40.5 Å². The molecule has 0 aliphatic carbocycles. The molecular formula is C30H34F3N3O4. The summed E-state index contributed by atoms with van der Waals surface area (Å²) in [5.74, 6) is 0.192. The van der Waals surface area contributed by atoms with Gasteiger partial charge in [0.1, 0.15) is 5.75 Å². The molecule has 3 rings (SSSR count). The number of rotatable bonds is 13. The van der Waals surface area contributed by atoms with Gasteiger partial charge in [0.25, 0.3) is 0 Å². The highest BCUT2D eigenvalue weighted by atomic mass is 19.4. The molecule has 214 valence electrons. The van der Waals surface area contributed by atoms with E-state index in [9.17, 15) is 22.8 Å². The van der Waals surface area contributed by atoms with Crippen molar-refractivity contribution in [3.8, 4) is 17.1 Å². The van der Waals surface area contributed by atoms with E-state index in [-0.39, 0.29) is 25.4 Å². The Morgan fingerprint density at radius 3 is 2.40 bits per heavy atom. The Labute approximate surface area is 232 Å². The number of aromatic nitrogens is 2. The standard InChI is InChI=1S/C30H34F3N3O4/c1-5-7-11-26-21(18-35-27(36-26)20-12-14-22(15-13-20)30(31,32)33)16-24(37)19-34-23-9-8-10-25(17-23)40-29(3,4)28(38)39-6-2/h8-10,12-15,17-18,34H,5-7,11,16,19H2,1-4H3. The third-order valence-electron chi connectivity index (χ3n) is 6.04. The Balaban J connectivity index is 1.68. The second kappa shape index (κ2) is 13.4. The number of carbonyl (C=O) groups excluding carboxylic acids is 2. The monoisotopic (exact) mass is 557 g/mol. The van der Waals surface area contributed by atoms with Crippen molar-refractivity contribution in [1.82, 2.24) is 9.97 Å². The van der Waals surface area contributed by atoms with Crippen LogP contribution in [0.25, 0.3) is 11.4 Å². The van der Waals surface area contributed by atoms with E-state index in [0.717, 1.165) is 25.0 Å². The molecule has 0 bridgehead atoms. The van der Waals surface area contributed by atoms with Crippen molar-refractivity contribution >= 4 is 17.4 Å². The average Bonchev–Trinajstić information content (AvgIpc) is 2.91. The summed E-state index contributed by atoms with van der Waals surface area (Å²) in [5.41, 5.74) is 0.591. The van der Waals surface area contributed by atoms with Crippen LogP contribution in [0.4, 0.5) is 18.9 Å². The predicted molar refractivity (Wildman–Crippen MR) is 146 cm³/mol. The van der Waals surface area contributed by atoms with Gasteiger partial charge in [-0.25, -0.2) is 14.8 Å². The lowest BCUT2D eigenvalue weighted by Crippen LogP contribution is -2.39. The lowest BCUT2D eigenvalue weighted by Gasteiger charge is -2.24. The van der Waals surface area contributed by atoms with E-state index in [1.807, 2.05) is 6.92 Å². The number of hydrogen-bond donors (Lipinski definition) is 1. The molecule has 0 aliphatic rings. The largest absolute Gasteiger partial charge is 0.476 e. The van der Waals surface area contributed by atoms with Crippen LogP contribution in [0.15, 0.2) is 54.7 Å². The van der Waals surface area contributed by atoms with Gasteiger partial charge in [-0.05, 0) is 63.4 Å². The molecule has 40 heavy (non-hydrogen) atoms. The van der Waals surface area contributed by atoms with Crippen molar-refractivity contribution in [2.45, 2.75) is 65.2 Å². The highest BCUT2D eigenvalue weighted by Gasteiger charge is 2.32. The second-order valence-electron chi connectivity index (χ2n) is 9.77. The number of hydrogen-bond acceptors (Lipinski definition) is 7. The number of aryl methyl sites for hydroxylation is 1. The Hall–Kier alpha value is -3.95. The van der Waals surface area contributed by atoms with Gasteiger partial charge in [0, 0.05) is 35.6 Å². The number of unbranched alkanes of at least 4 members (excludes halogenated alkanes) is 1. The molecule has 0 saturated heterocycles. The zero-order valence-corrected chi connectivity index (χ0v) is 23.1. The number of ketones is 1. The van der Waals surface area contributed by atoms with Crippen LogP contribution in [0.3, 0.4) is 0 Å². The summed E-state index contributed by atoms with van der Waals surface area (Å²) in [7, 11) is 0. The van der Waals surface area contributed by atoms with Gasteiger partial charge in [0.2, 0.25) is 0 Å². The maximum atomic E-state index is 12.9. The summed E-state index contributed by atoms with van der Waals surface area (Å²) in [6.07, 6.45) is -0.353. The molecular weight excluding hydrogens is 523 g/mol. The lowest BCUT2D eigenvalue weighted by molar-refractivity contribution is -0.158. The highest BCUT2D eigenvalue weighted by Crippen LogP contribution is 2.30. The number of carbonyl (C=O) groups is 2. The van der Waals surface area contributed by atoms with Crippen LogP contribution < -0.4 is 10.1 Å². The summed E-state index contributed by atoms with van der Waals surface area (Å²) >= 11 is 0. The zero-order valence-electron chi connectivity index (χ0n) is 23.1. The molecule has 0 saturated carbocycles. The normalized spacial score (nSPS) is 11.7. The van der Waals surface area contributed by atoms with Crippen molar-refractivity contribution < 1.29 is 32.2 Å². The van der Waals surface area contributed by atoms with Gasteiger partial charge in [-0.2, -0.15) is 13.2 Å². The third-order valence-corrected chi connectivity index (χ3v) is 6.04. The minimum atomic E-state index is -4.42. The molecule has 2 aromatic carbocycles. The number of anilines is 1. The molecule has 0 aliphatic heterocycles. The molecule has 3 aromatic rings. The molecule has 0 unspecified atom stereocenters. The van der Waals surface area contributed by atoms with Crippen LogP contribution in [-0.4, -0.2) is 40.5 Å². The van der Waals surface area contributed by atoms with E-state index < -0.39 is 23.3 Å². The van der Waals surface area contributed by atoms with Crippen molar-refractivity contribution in [3.63, 3.8) is 0 Å². The lowest BCUT2D eigenvalue weighted by atomic mass is 10.0. The van der Waals surface area contributed by atoms with E-state index in [1.54, 1.807) is 51.2 Å². The molecule has 10 heteroatoms. The number of nitrogens with zero attached hydrogens (tertiary/aromatic N) is 2. The fourth-order valence-corrected chi connectivity index (χ4v) is 3.88. The number of benzene rings is 2. The summed E-state index contributed by atoms with van der Waals surface area (Å²) in [6, 6.07) is 11.7. The number of esters is 1. The highest BCUT2D eigenvalue weighted by molar-refractivity contribution is 5.85. The maximum absolute atomic E-state index is 12.9. The van der Waals surface area contributed by atoms with Gasteiger partial charge >= 0.3 is 12.1 Å². The van der Waals surface area contributed by atoms with Crippen LogP contribution in [0, 0.1) is 0 Å². The van der Waals surface area contributed by atoms with Gasteiger partial charge < -0.3 is 14.8 Å². The molecule has 0 fully saturated rings. The molecule has 1 N–H and O–H groups in total. The van der Waals surface area contributed by atoms with Crippen molar-refractivity contribution in [1.29, 1.82) is 0 Å². The first-order valence-electron chi connectivity index (χ1n) is 13.2. The summed E-state index contributed by atoms with van der Waals surface area (Å²) in [6.45, 7) is 7.29. The molecule has 1 heterocycles. The summed E-state index contributed by atoms with van der Waals surface area (Å²) < 4.78 is 49.6.